The molecule has 37 heavy (non-hydrogen) atoms. The number of hydrogen-bond acceptors (Lipinski definition) is 4. The van der Waals surface area contributed by atoms with Crippen molar-refractivity contribution in [3.63, 3.8) is 0 Å². The molecule has 0 fully saturated rings. The quantitative estimate of drug-likeness (QED) is 0.334. The molecule has 0 saturated heterocycles. The molecule has 11 heteroatoms. The lowest BCUT2D eigenvalue weighted by Gasteiger charge is -2.20. The van der Waals surface area contributed by atoms with Crippen LogP contribution in [0.2, 0.25) is 5.02 Å². The van der Waals surface area contributed by atoms with Crippen molar-refractivity contribution in [2.75, 3.05) is 10.0 Å². The van der Waals surface area contributed by atoms with Gasteiger partial charge >= 0.3 is 6.18 Å². The number of anilines is 2. The summed E-state index contributed by atoms with van der Waals surface area (Å²) in [5.74, 6) is 0.0773. The zero-order valence-electron chi connectivity index (χ0n) is 20.5. The van der Waals surface area contributed by atoms with E-state index >= 15 is 0 Å². The van der Waals surface area contributed by atoms with Gasteiger partial charge in [0, 0.05) is 11.4 Å². The minimum atomic E-state index is -4.74. The second-order valence-electron chi connectivity index (χ2n) is 9.35. The van der Waals surface area contributed by atoms with E-state index in [4.69, 9.17) is 16.3 Å². The number of amides is 1. The molecular formula is C26H26ClF3N2O4S. The molecule has 0 bridgehead atoms. The summed E-state index contributed by atoms with van der Waals surface area (Å²) in [4.78, 5) is 12.3. The Kier molecular flexibility index (Phi) is 8.14. The van der Waals surface area contributed by atoms with Crippen LogP contribution in [0.1, 0.15) is 38.8 Å². The lowest BCUT2D eigenvalue weighted by atomic mass is 9.87. The molecule has 3 aromatic carbocycles. The van der Waals surface area contributed by atoms with Gasteiger partial charge in [0.15, 0.2) is 6.10 Å². The third kappa shape index (κ3) is 7.39. The summed E-state index contributed by atoms with van der Waals surface area (Å²) in [5, 5.41) is 2.09. The standard InChI is InChI=1S/C26H26ClF3N2O4S/c1-16(36-20-10-5-17(6-11-20)25(2,3)4)24(33)31-18-7-12-21(13-8-18)37(34,35)32-19-9-14-23(27)22(15-19)26(28,29)30/h5-16,32H,1-4H3,(H,31,33)/t16-/m0/s1. The largest absolute Gasteiger partial charge is 0.481 e. The second kappa shape index (κ2) is 10.6. The highest BCUT2D eigenvalue weighted by molar-refractivity contribution is 7.92. The van der Waals surface area contributed by atoms with E-state index in [2.05, 4.69) is 30.8 Å². The van der Waals surface area contributed by atoms with Crippen LogP contribution in [0.25, 0.3) is 0 Å². The molecule has 2 N–H and O–H groups in total. The monoisotopic (exact) mass is 554 g/mol. The maximum absolute atomic E-state index is 13.1. The van der Waals surface area contributed by atoms with Crippen LogP contribution in [0.4, 0.5) is 24.5 Å². The van der Waals surface area contributed by atoms with E-state index < -0.39 is 38.8 Å². The molecule has 1 amide bonds. The van der Waals surface area contributed by atoms with Crippen molar-refractivity contribution in [2.24, 2.45) is 0 Å². The van der Waals surface area contributed by atoms with Crippen molar-refractivity contribution in [3.8, 4) is 5.75 Å². The van der Waals surface area contributed by atoms with Gasteiger partial charge in [-0.15, -0.1) is 0 Å². The number of halogens is 4. The van der Waals surface area contributed by atoms with Crippen LogP contribution in [0.3, 0.4) is 0 Å². The van der Waals surface area contributed by atoms with Gasteiger partial charge in [-0.3, -0.25) is 9.52 Å². The first-order valence-electron chi connectivity index (χ1n) is 11.1. The summed E-state index contributed by atoms with van der Waals surface area (Å²) in [7, 11) is -4.20. The molecule has 0 radical (unpaired) electrons. The molecular weight excluding hydrogens is 529 g/mol. The Labute approximate surface area is 218 Å². The topological polar surface area (TPSA) is 84.5 Å². The van der Waals surface area contributed by atoms with Crippen LogP contribution in [0.15, 0.2) is 71.6 Å². The first-order valence-corrected chi connectivity index (χ1v) is 13.0. The second-order valence-corrected chi connectivity index (χ2v) is 11.4. The van der Waals surface area contributed by atoms with Gasteiger partial charge in [-0.25, -0.2) is 8.42 Å². The highest BCUT2D eigenvalue weighted by atomic mass is 35.5. The molecule has 0 spiro atoms. The van der Waals surface area contributed by atoms with Gasteiger partial charge in [-0.2, -0.15) is 13.2 Å². The van der Waals surface area contributed by atoms with E-state index in [0.717, 1.165) is 17.7 Å². The van der Waals surface area contributed by atoms with Crippen LogP contribution < -0.4 is 14.8 Å². The summed E-state index contributed by atoms with van der Waals surface area (Å²) >= 11 is 5.58. The molecule has 0 unspecified atom stereocenters. The van der Waals surface area contributed by atoms with E-state index in [-0.39, 0.29) is 16.0 Å². The molecule has 6 nitrogen and oxygen atoms in total. The third-order valence-corrected chi connectivity index (χ3v) is 7.09. The Morgan fingerprint density at radius 2 is 1.49 bits per heavy atom. The average molecular weight is 555 g/mol. The summed E-state index contributed by atoms with van der Waals surface area (Å²) < 4.78 is 72.3. The molecule has 0 aromatic heterocycles. The predicted molar refractivity (Wildman–Crippen MR) is 138 cm³/mol. The molecule has 0 saturated carbocycles. The maximum Gasteiger partial charge on any atom is 0.417 e. The minimum Gasteiger partial charge on any atom is -0.481 e. The highest BCUT2D eigenvalue weighted by Crippen LogP contribution is 2.36. The van der Waals surface area contributed by atoms with Gasteiger partial charge in [-0.1, -0.05) is 44.5 Å². The van der Waals surface area contributed by atoms with Crippen molar-refractivity contribution in [1.29, 1.82) is 0 Å². The van der Waals surface area contributed by atoms with Crippen molar-refractivity contribution in [3.05, 3.63) is 82.9 Å². The maximum atomic E-state index is 13.1. The minimum absolute atomic E-state index is 0.0164. The van der Waals surface area contributed by atoms with E-state index in [0.29, 0.717) is 17.5 Å². The molecule has 0 heterocycles. The average Bonchev–Trinajstić information content (AvgIpc) is 2.79. The van der Waals surface area contributed by atoms with Gasteiger partial charge in [0.2, 0.25) is 0 Å². The Morgan fingerprint density at radius 1 is 0.919 bits per heavy atom. The van der Waals surface area contributed by atoms with Crippen LogP contribution in [0, 0.1) is 0 Å². The predicted octanol–water partition coefficient (Wildman–Crippen LogP) is 6.86. The molecule has 198 valence electrons. The van der Waals surface area contributed by atoms with Crippen LogP contribution in [-0.2, 0) is 26.4 Å². The number of carbonyl (C=O) groups is 1. The number of hydrogen-bond donors (Lipinski definition) is 2. The van der Waals surface area contributed by atoms with Gasteiger partial charge in [0.05, 0.1) is 15.5 Å². The molecule has 0 aliphatic heterocycles. The normalized spacial score (nSPS) is 13.1. The fraction of sp³-hybridized carbons (Fsp3) is 0.269. The summed E-state index contributed by atoms with van der Waals surface area (Å²) in [5.41, 5.74) is -0.0338. The molecule has 1 atom stereocenters. The van der Waals surface area contributed by atoms with E-state index in [1.807, 2.05) is 12.1 Å². The molecule has 0 aliphatic carbocycles. The number of nitrogens with one attached hydrogen (secondary N) is 2. The van der Waals surface area contributed by atoms with E-state index in [1.165, 1.54) is 24.3 Å². The number of carbonyl (C=O) groups excluding carboxylic acids is 1. The summed E-state index contributed by atoms with van der Waals surface area (Å²) in [6.07, 6.45) is -5.58. The van der Waals surface area contributed by atoms with Crippen LogP contribution >= 0.6 is 11.6 Å². The fourth-order valence-corrected chi connectivity index (χ4v) is 4.55. The van der Waals surface area contributed by atoms with Crippen molar-refractivity contribution >= 4 is 38.9 Å². The number of benzene rings is 3. The molecule has 0 aliphatic rings. The van der Waals surface area contributed by atoms with E-state index in [9.17, 15) is 26.4 Å². The van der Waals surface area contributed by atoms with Crippen molar-refractivity contribution < 1.29 is 31.1 Å². The Bertz CT molecular complexity index is 1370. The smallest absolute Gasteiger partial charge is 0.417 e. The van der Waals surface area contributed by atoms with Gasteiger partial charge < -0.3 is 10.1 Å². The van der Waals surface area contributed by atoms with Gasteiger partial charge in [0.25, 0.3) is 15.9 Å². The summed E-state index contributed by atoms with van der Waals surface area (Å²) in [6.45, 7) is 7.85. The number of alkyl halides is 3. The first-order chi connectivity index (χ1) is 17.1. The lowest BCUT2D eigenvalue weighted by Crippen LogP contribution is -2.30. The van der Waals surface area contributed by atoms with Gasteiger partial charge in [-0.05, 0) is 72.5 Å². The Balaban J connectivity index is 1.65. The van der Waals surface area contributed by atoms with Crippen LogP contribution in [-0.4, -0.2) is 20.4 Å². The molecule has 3 rings (SSSR count). The summed E-state index contributed by atoms with van der Waals surface area (Å²) in [6, 6.07) is 15.3. The van der Waals surface area contributed by atoms with Crippen molar-refractivity contribution in [2.45, 2.75) is 50.3 Å². The van der Waals surface area contributed by atoms with Crippen LogP contribution in [0.5, 0.6) is 5.75 Å². The fourth-order valence-electron chi connectivity index (χ4n) is 3.27. The van der Waals surface area contributed by atoms with Crippen molar-refractivity contribution in [1.82, 2.24) is 0 Å². The SMILES string of the molecule is C[C@H](Oc1ccc(C(C)(C)C)cc1)C(=O)Nc1ccc(S(=O)(=O)Nc2ccc(Cl)c(C(F)(F)F)c2)cc1. The zero-order chi connectivity index (χ0) is 27.6. The lowest BCUT2D eigenvalue weighted by molar-refractivity contribution is -0.137. The number of rotatable bonds is 7. The molecule has 3 aromatic rings. The number of sulfonamides is 1. The third-order valence-electron chi connectivity index (χ3n) is 5.36. The zero-order valence-corrected chi connectivity index (χ0v) is 22.1. The van der Waals surface area contributed by atoms with Gasteiger partial charge in [0.1, 0.15) is 5.75 Å². The van der Waals surface area contributed by atoms with E-state index in [1.54, 1.807) is 19.1 Å². The highest BCUT2D eigenvalue weighted by Gasteiger charge is 2.33. The Hall–Kier alpha value is -3.24. The Morgan fingerprint density at radius 3 is 2.03 bits per heavy atom. The number of ether oxygens (including phenoxy) is 1. The first kappa shape index (κ1) is 28.3.